The van der Waals surface area contributed by atoms with Gasteiger partial charge in [0.2, 0.25) is 5.78 Å². The van der Waals surface area contributed by atoms with E-state index < -0.39 is 0 Å². The number of nitrogens with one attached hydrogen (secondary N) is 1. The first-order chi connectivity index (χ1) is 10.1. The van der Waals surface area contributed by atoms with E-state index in [0.29, 0.717) is 17.9 Å². The fourth-order valence-corrected chi connectivity index (χ4v) is 2.47. The number of Topliss-reactive ketones (excluding diaryl/α,β-unsaturated/α-hetero) is 1. The summed E-state index contributed by atoms with van der Waals surface area (Å²) in [7, 11) is 0. The minimum Gasteiger partial charge on any atom is -0.379 e. The highest BCUT2D eigenvalue weighted by Crippen LogP contribution is 2.22. The van der Waals surface area contributed by atoms with Gasteiger partial charge in [-0.15, -0.1) is 0 Å². The van der Waals surface area contributed by atoms with Gasteiger partial charge in [0.05, 0.1) is 12.2 Å². The average Bonchev–Trinajstić information content (AvgIpc) is 2.88. The molecule has 0 saturated carbocycles. The van der Waals surface area contributed by atoms with E-state index in [1.807, 2.05) is 41.1 Å². The summed E-state index contributed by atoms with van der Waals surface area (Å²) in [6.45, 7) is 2.09. The molecule has 0 saturated heterocycles. The van der Waals surface area contributed by atoms with Gasteiger partial charge in [0.15, 0.2) is 5.78 Å². The van der Waals surface area contributed by atoms with Gasteiger partial charge >= 0.3 is 0 Å². The molecule has 1 N–H and O–H groups in total. The van der Waals surface area contributed by atoms with Crippen LogP contribution in [0.15, 0.2) is 47.3 Å². The molecule has 0 aliphatic carbocycles. The Morgan fingerprint density at radius 1 is 1.43 bits per heavy atom. The molecule has 0 atom stereocenters. The van der Waals surface area contributed by atoms with Gasteiger partial charge in [0.1, 0.15) is 0 Å². The molecule has 2 aromatic heterocycles. The first-order valence-electron chi connectivity index (χ1n) is 6.46. The van der Waals surface area contributed by atoms with Gasteiger partial charge < -0.3 is 5.32 Å². The molecule has 0 aliphatic heterocycles. The summed E-state index contributed by atoms with van der Waals surface area (Å²) in [5.74, 6) is 0.687. The number of anilines is 1. The zero-order chi connectivity index (χ0) is 14.8. The average molecular weight is 345 g/mol. The van der Waals surface area contributed by atoms with Crippen molar-refractivity contribution in [3.8, 4) is 0 Å². The third-order valence-corrected chi connectivity index (χ3v) is 3.60. The maximum absolute atomic E-state index is 11.7. The molecular formula is C15H13BrN4O. The van der Waals surface area contributed by atoms with Gasteiger partial charge in [-0.05, 0) is 31.2 Å². The quantitative estimate of drug-likeness (QED) is 0.737. The zero-order valence-electron chi connectivity index (χ0n) is 11.4. The number of carbonyl (C=O) groups is 1. The second-order valence-electron chi connectivity index (χ2n) is 4.66. The summed E-state index contributed by atoms with van der Waals surface area (Å²) in [5, 5.41) is 3.25. The lowest BCUT2D eigenvalue weighted by Gasteiger charge is -2.09. The van der Waals surface area contributed by atoms with Crippen LogP contribution in [-0.4, -0.2) is 20.2 Å². The molecule has 1 aromatic carbocycles. The third-order valence-electron chi connectivity index (χ3n) is 3.11. The second-order valence-corrected chi connectivity index (χ2v) is 5.57. The molecule has 6 heteroatoms. The van der Waals surface area contributed by atoms with Crippen LogP contribution in [0, 0.1) is 0 Å². The molecule has 0 spiro atoms. The molecular weight excluding hydrogens is 332 g/mol. The van der Waals surface area contributed by atoms with Crippen molar-refractivity contribution in [1.82, 2.24) is 14.4 Å². The molecule has 0 fully saturated rings. The lowest BCUT2D eigenvalue weighted by molar-refractivity contribution is 0.101. The largest absolute Gasteiger partial charge is 0.379 e. The number of ketones is 1. The summed E-state index contributed by atoms with van der Waals surface area (Å²) in [4.78, 5) is 20.3. The van der Waals surface area contributed by atoms with Crippen molar-refractivity contribution in [2.24, 2.45) is 0 Å². The van der Waals surface area contributed by atoms with Gasteiger partial charge in [0, 0.05) is 34.3 Å². The van der Waals surface area contributed by atoms with Crippen molar-refractivity contribution in [3.63, 3.8) is 0 Å². The number of fused-ring (bicyclic) bond motifs is 1. The number of benzene rings is 1. The first-order valence-corrected chi connectivity index (χ1v) is 7.26. The summed E-state index contributed by atoms with van der Waals surface area (Å²) < 4.78 is 2.75. The van der Waals surface area contributed by atoms with Crippen LogP contribution in [-0.2, 0) is 6.54 Å². The Bertz CT molecular complexity index is 779. The van der Waals surface area contributed by atoms with Gasteiger partial charge in [-0.2, -0.15) is 0 Å². The Kier molecular flexibility index (Phi) is 3.70. The first kappa shape index (κ1) is 13.8. The van der Waals surface area contributed by atoms with E-state index in [4.69, 9.17) is 0 Å². The number of rotatable bonds is 4. The number of halogens is 1. The van der Waals surface area contributed by atoms with Crippen molar-refractivity contribution < 1.29 is 4.79 Å². The van der Waals surface area contributed by atoms with Gasteiger partial charge in [-0.25, -0.2) is 9.97 Å². The van der Waals surface area contributed by atoms with Crippen LogP contribution in [0.1, 0.15) is 23.0 Å². The molecule has 5 nitrogen and oxygen atoms in total. The molecule has 21 heavy (non-hydrogen) atoms. The Morgan fingerprint density at radius 2 is 2.29 bits per heavy atom. The molecule has 0 unspecified atom stereocenters. The normalized spacial score (nSPS) is 10.8. The van der Waals surface area contributed by atoms with Gasteiger partial charge in [-0.3, -0.25) is 9.20 Å². The Morgan fingerprint density at radius 3 is 3.05 bits per heavy atom. The summed E-state index contributed by atoms with van der Waals surface area (Å²) in [5.41, 5.74) is 2.33. The molecule has 3 rings (SSSR count). The predicted molar refractivity (Wildman–Crippen MR) is 84.5 cm³/mol. The van der Waals surface area contributed by atoms with E-state index in [1.165, 1.54) is 0 Å². The van der Waals surface area contributed by atoms with Crippen LogP contribution in [0.4, 0.5) is 5.69 Å². The smallest absolute Gasteiger partial charge is 0.233 e. The number of nitrogens with zero attached hydrogens (tertiary/aromatic N) is 3. The van der Waals surface area contributed by atoms with Crippen LogP contribution in [0.5, 0.6) is 0 Å². The van der Waals surface area contributed by atoms with Crippen LogP contribution in [0.3, 0.4) is 0 Å². The van der Waals surface area contributed by atoms with Crippen molar-refractivity contribution >= 4 is 33.2 Å². The highest BCUT2D eigenvalue weighted by atomic mass is 79.9. The molecule has 0 amide bonds. The molecule has 0 radical (unpaired) electrons. The maximum Gasteiger partial charge on any atom is 0.233 e. The maximum atomic E-state index is 11.7. The summed E-state index contributed by atoms with van der Waals surface area (Å²) in [6, 6.07) is 7.46. The molecule has 0 aliphatic rings. The van der Waals surface area contributed by atoms with E-state index in [0.717, 1.165) is 15.9 Å². The van der Waals surface area contributed by atoms with E-state index in [2.05, 4.69) is 31.2 Å². The van der Waals surface area contributed by atoms with E-state index >= 15 is 0 Å². The summed E-state index contributed by atoms with van der Waals surface area (Å²) in [6.07, 6.45) is 5.53. The SMILES string of the molecule is CC(=O)c1cc(Br)ccc1NCc1cn2cccnc2n1. The fraction of sp³-hybridized carbons (Fsp3) is 0.133. The number of hydrogen-bond donors (Lipinski definition) is 1. The molecule has 2 heterocycles. The second kappa shape index (κ2) is 5.65. The monoisotopic (exact) mass is 344 g/mol. The van der Waals surface area contributed by atoms with Crippen molar-refractivity contribution in [3.05, 3.63) is 58.6 Å². The lowest BCUT2D eigenvalue weighted by atomic mass is 10.1. The van der Waals surface area contributed by atoms with Gasteiger partial charge in [-0.1, -0.05) is 15.9 Å². The molecule has 0 bridgehead atoms. The zero-order valence-corrected chi connectivity index (χ0v) is 13.0. The fourth-order valence-electron chi connectivity index (χ4n) is 2.11. The Balaban J connectivity index is 1.83. The summed E-state index contributed by atoms with van der Waals surface area (Å²) >= 11 is 3.38. The molecule has 3 aromatic rings. The highest BCUT2D eigenvalue weighted by molar-refractivity contribution is 9.10. The van der Waals surface area contributed by atoms with E-state index in [-0.39, 0.29) is 5.78 Å². The minimum absolute atomic E-state index is 0.0236. The van der Waals surface area contributed by atoms with E-state index in [9.17, 15) is 4.79 Å². The van der Waals surface area contributed by atoms with Crippen LogP contribution in [0.2, 0.25) is 0 Å². The number of imidazole rings is 1. The number of hydrogen-bond acceptors (Lipinski definition) is 4. The lowest BCUT2D eigenvalue weighted by Crippen LogP contribution is -2.05. The minimum atomic E-state index is 0.0236. The van der Waals surface area contributed by atoms with Crippen LogP contribution >= 0.6 is 15.9 Å². The van der Waals surface area contributed by atoms with Crippen molar-refractivity contribution in [2.45, 2.75) is 13.5 Å². The third kappa shape index (κ3) is 2.95. The number of carbonyl (C=O) groups excluding carboxylic acids is 1. The van der Waals surface area contributed by atoms with Crippen LogP contribution in [0.25, 0.3) is 5.78 Å². The van der Waals surface area contributed by atoms with Gasteiger partial charge in [0.25, 0.3) is 0 Å². The highest BCUT2D eigenvalue weighted by Gasteiger charge is 2.09. The standard InChI is InChI=1S/C15H13BrN4O/c1-10(21)13-7-11(16)3-4-14(13)18-8-12-9-20-6-2-5-17-15(20)19-12/h2-7,9,18H,8H2,1H3. The van der Waals surface area contributed by atoms with Crippen molar-refractivity contribution in [2.75, 3.05) is 5.32 Å². The Hall–Kier alpha value is -2.21. The number of aromatic nitrogens is 3. The van der Waals surface area contributed by atoms with Crippen molar-refractivity contribution in [1.29, 1.82) is 0 Å². The topological polar surface area (TPSA) is 59.3 Å². The predicted octanol–water partition coefficient (Wildman–Crippen LogP) is 3.31. The van der Waals surface area contributed by atoms with E-state index in [1.54, 1.807) is 13.1 Å². The molecule has 106 valence electrons. The Labute approximate surface area is 130 Å². The van der Waals surface area contributed by atoms with Crippen LogP contribution < -0.4 is 5.32 Å².